The number of benzene rings is 1. The summed E-state index contributed by atoms with van der Waals surface area (Å²) in [4.78, 5) is 24.5. The summed E-state index contributed by atoms with van der Waals surface area (Å²) in [5.41, 5.74) is 0.736. The molecule has 4 nitrogen and oxygen atoms in total. The second kappa shape index (κ2) is 6.29. The van der Waals surface area contributed by atoms with Gasteiger partial charge in [-0.15, -0.1) is 0 Å². The van der Waals surface area contributed by atoms with Crippen LogP contribution in [0, 0.1) is 12.3 Å². The van der Waals surface area contributed by atoms with Crippen LogP contribution in [0.5, 0.6) is 0 Å². The number of hydrogen-bond acceptors (Lipinski definition) is 2. The van der Waals surface area contributed by atoms with Crippen LogP contribution in [0.3, 0.4) is 0 Å². The lowest BCUT2D eigenvalue weighted by atomic mass is 9.89. The fraction of sp³-hybridized carbons (Fsp3) is 0.529. The van der Waals surface area contributed by atoms with Crippen LogP contribution in [0.4, 0.5) is 0 Å². The van der Waals surface area contributed by atoms with E-state index in [2.05, 4.69) is 10.6 Å². The molecular weight excluding hydrogens is 264 g/mol. The predicted octanol–water partition coefficient (Wildman–Crippen LogP) is 2.55. The lowest BCUT2D eigenvalue weighted by Crippen LogP contribution is -2.52. The van der Waals surface area contributed by atoms with Gasteiger partial charge in [-0.1, -0.05) is 29.8 Å². The van der Waals surface area contributed by atoms with E-state index < -0.39 is 5.41 Å². The molecule has 0 atom stereocenters. The highest BCUT2D eigenvalue weighted by Gasteiger charge is 2.37. The molecule has 0 aliphatic carbocycles. The lowest BCUT2D eigenvalue weighted by Gasteiger charge is -2.28. The SMILES string of the molecule is Cc1ccc(CNC(=O)C(C)(C)C(=O)NC(C)(C)C)cc1. The van der Waals surface area contributed by atoms with Gasteiger partial charge >= 0.3 is 0 Å². The Morgan fingerprint density at radius 3 is 1.95 bits per heavy atom. The number of hydrogen-bond donors (Lipinski definition) is 2. The molecule has 1 aromatic rings. The molecule has 1 aromatic carbocycles. The average Bonchev–Trinajstić information content (AvgIpc) is 2.35. The van der Waals surface area contributed by atoms with Crippen molar-refractivity contribution in [1.82, 2.24) is 10.6 Å². The molecule has 0 spiro atoms. The van der Waals surface area contributed by atoms with Gasteiger partial charge in [0.05, 0.1) is 0 Å². The van der Waals surface area contributed by atoms with E-state index in [1.807, 2.05) is 52.0 Å². The Bertz CT molecular complexity index is 511. The first-order valence-corrected chi connectivity index (χ1v) is 7.19. The van der Waals surface area contributed by atoms with Gasteiger partial charge in [0.1, 0.15) is 5.41 Å². The third kappa shape index (κ3) is 5.21. The molecule has 1 rings (SSSR count). The predicted molar refractivity (Wildman–Crippen MR) is 84.7 cm³/mol. The van der Waals surface area contributed by atoms with Gasteiger partial charge in [0.25, 0.3) is 0 Å². The zero-order valence-electron chi connectivity index (χ0n) is 13.8. The van der Waals surface area contributed by atoms with Crippen molar-refractivity contribution in [3.8, 4) is 0 Å². The second-order valence-electron chi connectivity index (χ2n) is 7.00. The minimum Gasteiger partial charge on any atom is -0.351 e. The Morgan fingerprint density at radius 2 is 1.48 bits per heavy atom. The Kier molecular flexibility index (Phi) is 5.15. The average molecular weight is 290 g/mol. The molecule has 4 heteroatoms. The van der Waals surface area contributed by atoms with E-state index in [4.69, 9.17) is 0 Å². The van der Waals surface area contributed by atoms with Crippen molar-refractivity contribution in [1.29, 1.82) is 0 Å². The third-order valence-corrected chi connectivity index (χ3v) is 3.20. The van der Waals surface area contributed by atoms with E-state index in [0.29, 0.717) is 6.54 Å². The van der Waals surface area contributed by atoms with Gasteiger partial charge in [-0.2, -0.15) is 0 Å². The zero-order chi connectivity index (χ0) is 16.3. The van der Waals surface area contributed by atoms with Crippen molar-refractivity contribution >= 4 is 11.8 Å². The summed E-state index contributed by atoms with van der Waals surface area (Å²) in [5.74, 6) is -0.541. The molecule has 21 heavy (non-hydrogen) atoms. The van der Waals surface area contributed by atoms with Gasteiger partial charge in [-0.3, -0.25) is 9.59 Å². The number of nitrogens with one attached hydrogen (secondary N) is 2. The maximum atomic E-state index is 12.3. The highest BCUT2D eigenvalue weighted by molar-refractivity contribution is 6.04. The minimum atomic E-state index is -1.10. The van der Waals surface area contributed by atoms with Gasteiger partial charge in [0.15, 0.2) is 0 Å². The van der Waals surface area contributed by atoms with E-state index in [1.54, 1.807) is 13.8 Å². The normalized spacial score (nSPS) is 11.9. The van der Waals surface area contributed by atoms with Gasteiger partial charge in [-0.05, 0) is 47.1 Å². The molecule has 0 aliphatic heterocycles. The molecule has 0 unspecified atom stereocenters. The Morgan fingerprint density at radius 1 is 0.952 bits per heavy atom. The van der Waals surface area contributed by atoms with E-state index >= 15 is 0 Å². The summed E-state index contributed by atoms with van der Waals surface area (Å²) in [7, 11) is 0. The lowest BCUT2D eigenvalue weighted by molar-refractivity contribution is -0.142. The number of rotatable bonds is 4. The highest BCUT2D eigenvalue weighted by Crippen LogP contribution is 2.17. The first kappa shape index (κ1) is 17.2. The molecule has 0 bridgehead atoms. The summed E-state index contributed by atoms with van der Waals surface area (Å²) >= 11 is 0. The van der Waals surface area contributed by atoms with E-state index in [0.717, 1.165) is 5.56 Å². The molecule has 0 saturated carbocycles. The Balaban J connectivity index is 2.64. The molecule has 2 N–H and O–H groups in total. The molecule has 0 radical (unpaired) electrons. The van der Waals surface area contributed by atoms with Crippen molar-refractivity contribution < 1.29 is 9.59 Å². The van der Waals surface area contributed by atoms with Crippen molar-refractivity contribution in [3.05, 3.63) is 35.4 Å². The van der Waals surface area contributed by atoms with Gasteiger partial charge in [0.2, 0.25) is 11.8 Å². The molecule has 0 aliphatic rings. The summed E-state index contributed by atoms with van der Waals surface area (Å²) < 4.78 is 0. The topological polar surface area (TPSA) is 58.2 Å². The van der Waals surface area contributed by atoms with Crippen molar-refractivity contribution in [3.63, 3.8) is 0 Å². The fourth-order valence-corrected chi connectivity index (χ4v) is 1.71. The summed E-state index contributed by atoms with van der Waals surface area (Å²) in [6.07, 6.45) is 0. The monoisotopic (exact) mass is 290 g/mol. The van der Waals surface area contributed by atoms with Crippen LogP contribution in [-0.4, -0.2) is 17.4 Å². The molecule has 2 amide bonds. The van der Waals surface area contributed by atoms with E-state index in [9.17, 15) is 9.59 Å². The largest absolute Gasteiger partial charge is 0.351 e. The van der Waals surface area contributed by atoms with Gasteiger partial charge in [-0.25, -0.2) is 0 Å². The summed E-state index contributed by atoms with van der Waals surface area (Å²) in [5, 5.41) is 5.67. The standard InChI is InChI=1S/C17H26N2O2/c1-12-7-9-13(10-8-12)11-18-14(20)17(5,6)15(21)19-16(2,3)4/h7-10H,11H2,1-6H3,(H,18,20)(H,19,21). The Labute approximate surface area is 127 Å². The second-order valence-corrected chi connectivity index (χ2v) is 7.00. The van der Waals surface area contributed by atoms with E-state index in [1.165, 1.54) is 5.56 Å². The quantitative estimate of drug-likeness (QED) is 0.837. The first-order valence-electron chi connectivity index (χ1n) is 7.19. The van der Waals surface area contributed by atoms with Crippen LogP contribution >= 0.6 is 0 Å². The van der Waals surface area contributed by atoms with Crippen LogP contribution in [0.15, 0.2) is 24.3 Å². The Hall–Kier alpha value is -1.84. The van der Waals surface area contributed by atoms with Crippen molar-refractivity contribution in [2.24, 2.45) is 5.41 Å². The van der Waals surface area contributed by atoms with Crippen molar-refractivity contribution in [2.75, 3.05) is 0 Å². The van der Waals surface area contributed by atoms with Gasteiger partial charge < -0.3 is 10.6 Å². The van der Waals surface area contributed by atoms with Crippen LogP contribution in [0.1, 0.15) is 45.7 Å². The van der Waals surface area contributed by atoms with Crippen LogP contribution in [-0.2, 0) is 16.1 Å². The molecule has 0 aromatic heterocycles. The van der Waals surface area contributed by atoms with E-state index in [-0.39, 0.29) is 17.4 Å². The molecule has 0 saturated heterocycles. The summed E-state index contributed by atoms with van der Waals surface area (Å²) in [6.45, 7) is 11.4. The fourth-order valence-electron chi connectivity index (χ4n) is 1.71. The number of aryl methyl sites for hydroxylation is 1. The number of carbonyl (C=O) groups is 2. The number of amides is 2. The van der Waals surface area contributed by atoms with Crippen LogP contribution < -0.4 is 10.6 Å². The zero-order valence-corrected chi connectivity index (χ0v) is 13.8. The van der Waals surface area contributed by atoms with Gasteiger partial charge in [0, 0.05) is 12.1 Å². The maximum Gasteiger partial charge on any atom is 0.235 e. The number of carbonyl (C=O) groups excluding carboxylic acids is 2. The summed E-state index contributed by atoms with van der Waals surface area (Å²) in [6, 6.07) is 7.94. The molecular formula is C17H26N2O2. The molecule has 0 heterocycles. The molecule has 0 fully saturated rings. The molecule has 116 valence electrons. The van der Waals surface area contributed by atoms with Crippen molar-refractivity contribution in [2.45, 2.75) is 53.6 Å². The minimum absolute atomic E-state index is 0.267. The van der Waals surface area contributed by atoms with Crippen LogP contribution in [0.25, 0.3) is 0 Å². The van der Waals surface area contributed by atoms with Crippen LogP contribution in [0.2, 0.25) is 0 Å². The maximum absolute atomic E-state index is 12.3. The highest BCUT2D eigenvalue weighted by atomic mass is 16.2. The third-order valence-electron chi connectivity index (χ3n) is 3.20. The smallest absolute Gasteiger partial charge is 0.235 e. The first-order chi connectivity index (χ1) is 9.52.